The summed E-state index contributed by atoms with van der Waals surface area (Å²) in [6, 6.07) is 6.11. The molecule has 0 saturated heterocycles. The summed E-state index contributed by atoms with van der Waals surface area (Å²) >= 11 is 2.27. The molecule has 0 aliphatic heterocycles. The number of anilines is 2. The van der Waals surface area contributed by atoms with Gasteiger partial charge in [0, 0.05) is 10.1 Å². The van der Waals surface area contributed by atoms with Gasteiger partial charge in [-0.2, -0.15) is 0 Å². The zero-order chi connectivity index (χ0) is 12.3. The molecule has 90 valence electrons. The highest BCUT2D eigenvalue weighted by Crippen LogP contribution is 2.27. The lowest BCUT2D eigenvalue weighted by atomic mass is 9.82. The van der Waals surface area contributed by atoms with Crippen molar-refractivity contribution in [3.05, 3.63) is 21.8 Å². The fourth-order valence-corrected chi connectivity index (χ4v) is 1.78. The monoisotopic (exact) mass is 332 g/mol. The first-order chi connectivity index (χ1) is 7.30. The van der Waals surface area contributed by atoms with Crippen molar-refractivity contribution in [3.8, 4) is 0 Å². The van der Waals surface area contributed by atoms with Crippen molar-refractivity contribution < 1.29 is 0 Å². The molecule has 0 heterocycles. The lowest BCUT2D eigenvalue weighted by molar-refractivity contribution is 0.274. The van der Waals surface area contributed by atoms with E-state index in [1.54, 1.807) is 0 Å². The normalized spacial score (nSPS) is 13.6. The average Bonchev–Trinajstić information content (AvgIpc) is 2.14. The summed E-state index contributed by atoms with van der Waals surface area (Å²) in [6.45, 7) is 9.99. The van der Waals surface area contributed by atoms with Crippen LogP contribution in [0.4, 0.5) is 11.4 Å². The van der Waals surface area contributed by atoms with Crippen LogP contribution in [-0.2, 0) is 0 Å². The standard InChI is InChI=1S/C13H21IN2/c1-9(13(2,3)4)8-16-12-6-5-10(14)7-11(12)15/h5-7,9,16H,8,15H2,1-4H3. The molecule has 1 atom stereocenters. The largest absolute Gasteiger partial charge is 0.397 e. The van der Waals surface area contributed by atoms with Gasteiger partial charge in [-0.1, -0.05) is 27.7 Å². The Balaban J connectivity index is 2.62. The van der Waals surface area contributed by atoms with Crippen molar-refractivity contribution in [1.29, 1.82) is 0 Å². The first-order valence-corrected chi connectivity index (χ1v) is 6.67. The smallest absolute Gasteiger partial charge is 0.0574 e. The van der Waals surface area contributed by atoms with Crippen LogP contribution in [0.15, 0.2) is 18.2 Å². The van der Waals surface area contributed by atoms with Crippen molar-refractivity contribution in [2.24, 2.45) is 11.3 Å². The minimum atomic E-state index is 0.324. The Kier molecular flexibility index (Phi) is 4.47. The van der Waals surface area contributed by atoms with Crippen LogP contribution in [0.25, 0.3) is 0 Å². The van der Waals surface area contributed by atoms with Crippen LogP contribution in [0.5, 0.6) is 0 Å². The SMILES string of the molecule is CC(CNc1ccc(I)cc1N)C(C)(C)C. The predicted octanol–water partition coefficient (Wildman–Crippen LogP) is 3.97. The minimum absolute atomic E-state index is 0.324. The summed E-state index contributed by atoms with van der Waals surface area (Å²) in [6.07, 6.45) is 0. The molecule has 0 fully saturated rings. The lowest BCUT2D eigenvalue weighted by Gasteiger charge is -2.28. The molecule has 0 saturated carbocycles. The Labute approximate surface area is 112 Å². The zero-order valence-corrected chi connectivity index (χ0v) is 12.6. The third kappa shape index (κ3) is 3.85. The van der Waals surface area contributed by atoms with Gasteiger partial charge in [-0.05, 0) is 52.1 Å². The van der Waals surface area contributed by atoms with Crippen LogP contribution in [0.3, 0.4) is 0 Å². The molecule has 1 aromatic carbocycles. The molecule has 1 unspecified atom stereocenters. The number of nitrogens with one attached hydrogen (secondary N) is 1. The number of nitrogens with two attached hydrogens (primary N) is 1. The first kappa shape index (κ1) is 13.6. The second-order valence-electron chi connectivity index (χ2n) is 5.38. The fraction of sp³-hybridized carbons (Fsp3) is 0.538. The number of nitrogen functional groups attached to an aromatic ring is 1. The minimum Gasteiger partial charge on any atom is -0.397 e. The lowest BCUT2D eigenvalue weighted by Crippen LogP contribution is -2.25. The molecule has 0 spiro atoms. The van der Waals surface area contributed by atoms with Gasteiger partial charge in [-0.25, -0.2) is 0 Å². The molecule has 0 bridgehead atoms. The molecular formula is C13H21IN2. The number of benzene rings is 1. The van der Waals surface area contributed by atoms with Gasteiger partial charge >= 0.3 is 0 Å². The highest BCUT2D eigenvalue weighted by atomic mass is 127. The van der Waals surface area contributed by atoms with E-state index in [9.17, 15) is 0 Å². The summed E-state index contributed by atoms with van der Waals surface area (Å²) in [5.41, 5.74) is 8.14. The molecule has 3 N–H and O–H groups in total. The van der Waals surface area contributed by atoms with Crippen molar-refractivity contribution in [2.75, 3.05) is 17.6 Å². The van der Waals surface area contributed by atoms with Crippen LogP contribution in [-0.4, -0.2) is 6.54 Å². The summed E-state index contributed by atoms with van der Waals surface area (Å²) in [4.78, 5) is 0. The molecule has 16 heavy (non-hydrogen) atoms. The van der Waals surface area contributed by atoms with Crippen molar-refractivity contribution in [3.63, 3.8) is 0 Å². The maximum Gasteiger partial charge on any atom is 0.0574 e. The van der Waals surface area contributed by atoms with Crippen LogP contribution in [0, 0.1) is 14.9 Å². The van der Waals surface area contributed by atoms with Crippen LogP contribution < -0.4 is 11.1 Å². The van der Waals surface area contributed by atoms with E-state index in [1.807, 2.05) is 12.1 Å². The molecule has 0 aromatic heterocycles. The van der Waals surface area contributed by atoms with Crippen molar-refractivity contribution in [2.45, 2.75) is 27.7 Å². The van der Waals surface area contributed by atoms with Gasteiger partial charge in [0.2, 0.25) is 0 Å². The molecule has 0 aliphatic rings. The van der Waals surface area contributed by atoms with Gasteiger partial charge in [0.25, 0.3) is 0 Å². The molecule has 1 rings (SSSR count). The molecule has 2 nitrogen and oxygen atoms in total. The molecule has 0 aliphatic carbocycles. The quantitative estimate of drug-likeness (QED) is 0.649. The first-order valence-electron chi connectivity index (χ1n) is 5.59. The Bertz CT molecular complexity index is 355. The summed E-state index contributed by atoms with van der Waals surface area (Å²) in [5.74, 6) is 0.603. The fourth-order valence-electron chi connectivity index (χ4n) is 1.26. The second-order valence-corrected chi connectivity index (χ2v) is 6.63. The van der Waals surface area contributed by atoms with E-state index in [1.165, 1.54) is 3.57 Å². The average molecular weight is 332 g/mol. The van der Waals surface area contributed by atoms with E-state index in [0.29, 0.717) is 11.3 Å². The highest BCUT2D eigenvalue weighted by Gasteiger charge is 2.19. The maximum absolute atomic E-state index is 5.95. The Morgan fingerprint density at radius 1 is 1.38 bits per heavy atom. The number of hydrogen-bond acceptors (Lipinski definition) is 2. The summed E-state index contributed by atoms with van der Waals surface area (Å²) < 4.78 is 1.17. The maximum atomic E-state index is 5.95. The Morgan fingerprint density at radius 2 is 2.00 bits per heavy atom. The van der Waals surface area contributed by atoms with E-state index < -0.39 is 0 Å². The van der Waals surface area contributed by atoms with Crippen molar-refractivity contribution >= 4 is 34.0 Å². The topological polar surface area (TPSA) is 38.0 Å². The third-order valence-corrected chi connectivity index (χ3v) is 3.76. The molecule has 0 radical (unpaired) electrons. The Morgan fingerprint density at radius 3 is 2.50 bits per heavy atom. The summed E-state index contributed by atoms with van der Waals surface area (Å²) in [7, 11) is 0. The second kappa shape index (κ2) is 5.25. The Hall–Kier alpha value is -0.450. The molecule has 3 heteroatoms. The molecule has 0 amide bonds. The number of hydrogen-bond donors (Lipinski definition) is 2. The van der Waals surface area contributed by atoms with Gasteiger partial charge in [0.1, 0.15) is 0 Å². The van der Waals surface area contributed by atoms with E-state index in [-0.39, 0.29) is 0 Å². The van der Waals surface area contributed by atoms with E-state index >= 15 is 0 Å². The van der Waals surface area contributed by atoms with Crippen LogP contribution in [0.2, 0.25) is 0 Å². The summed E-state index contributed by atoms with van der Waals surface area (Å²) in [5, 5.41) is 3.42. The predicted molar refractivity (Wildman–Crippen MR) is 80.7 cm³/mol. The van der Waals surface area contributed by atoms with Crippen LogP contribution in [0.1, 0.15) is 27.7 Å². The van der Waals surface area contributed by atoms with Crippen molar-refractivity contribution in [1.82, 2.24) is 0 Å². The number of halogens is 1. The van der Waals surface area contributed by atoms with E-state index in [4.69, 9.17) is 5.73 Å². The molecular weight excluding hydrogens is 311 g/mol. The van der Waals surface area contributed by atoms with Gasteiger partial charge in [0.15, 0.2) is 0 Å². The molecule has 1 aromatic rings. The third-order valence-electron chi connectivity index (χ3n) is 3.09. The van der Waals surface area contributed by atoms with Gasteiger partial charge in [-0.15, -0.1) is 0 Å². The number of rotatable bonds is 3. The zero-order valence-electron chi connectivity index (χ0n) is 10.5. The highest BCUT2D eigenvalue weighted by molar-refractivity contribution is 14.1. The van der Waals surface area contributed by atoms with Crippen LogP contribution >= 0.6 is 22.6 Å². The van der Waals surface area contributed by atoms with Gasteiger partial charge in [-0.3, -0.25) is 0 Å². The van der Waals surface area contributed by atoms with E-state index in [2.05, 4.69) is 61.7 Å². The van der Waals surface area contributed by atoms with E-state index in [0.717, 1.165) is 17.9 Å². The van der Waals surface area contributed by atoms with Gasteiger partial charge in [0.05, 0.1) is 11.4 Å². The van der Waals surface area contributed by atoms with Gasteiger partial charge < -0.3 is 11.1 Å².